The molecule has 2 aliphatic rings. The molecule has 0 unspecified atom stereocenters. The molecule has 0 saturated carbocycles. The van der Waals surface area contributed by atoms with Crippen LogP contribution in [-0.4, -0.2) is 16.8 Å². The van der Waals surface area contributed by atoms with E-state index in [1.165, 1.54) is 6.20 Å². The van der Waals surface area contributed by atoms with Crippen LogP contribution in [0.5, 0.6) is 0 Å². The van der Waals surface area contributed by atoms with E-state index in [2.05, 4.69) is 37.3 Å². The van der Waals surface area contributed by atoms with Crippen LogP contribution in [0.3, 0.4) is 0 Å². The molecule has 2 aromatic rings. The Balaban J connectivity index is 1.49. The fourth-order valence-electron chi connectivity index (χ4n) is 2.59. The van der Waals surface area contributed by atoms with E-state index in [-0.39, 0.29) is 11.8 Å². The predicted molar refractivity (Wildman–Crippen MR) is 113 cm³/mol. The lowest BCUT2D eigenvalue weighted by atomic mass is 10.1. The number of pyridine rings is 1. The maximum absolute atomic E-state index is 12.4. The standard InChI is InChI=1S/C21H13BrClN3O2/c22-10-17-4-3-14(11-24-17)21(28)25-16-5-6-18(23)19(9-16)26-20(27)13-2-1-12-7-15(12)8-13/h1-7,9,11H,10H2,(H,25,28)(H,26,27). The minimum atomic E-state index is -0.317. The van der Waals surface area contributed by atoms with Crippen molar-refractivity contribution in [1.29, 1.82) is 0 Å². The summed E-state index contributed by atoms with van der Waals surface area (Å²) in [5, 5.41) is 6.53. The number of hydrogen-bond acceptors (Lipinski definition) is 3. The number of nitrogens with one attached hydrogen (secondary N) is 2. The van der Waals surface area contributed by atoms with Gasteiger partial charge in [0.05, 0.1) is 27.5 Å². The minimum Gasteiger partial charge on any atom is -0.322 e. The fraction of sp³-hybridized carbons (Fsp3) is 0.0476. The van der Waals surface area contributed by atoms with Crippen LogP contribution in [0.4, 0.5) is 11.4 Å². The number of aromatic nitrogens is 1. The second kappa shape index (κ2) is 7.60. The van der Waals surface area contributed by atoms with Crippen LogP contribution < -0.4 is 10.6 Å². The van der Waals surface area contributed by atoms with Crippen LogP contribution >= 0.6 is 27.5 Å². The average molecular weight is 455 g/mol. The van der Waals surface area contributed by atoms with Crippen LogP contribution in [0.15, 0.2) is 77.2 Å². The summed E-state index contributed by atoms with van der Waals surface area (Å²) < 4.78 is 0. The Kier molecular flexibility index (Phi) is 5.01. The molecular formula is C21H13BrClN3O2. The van der Waals surface area contributed by atoms with Crippen molar-refractivity contribution in [1.82, 2.24) is 4.98 Å². The topological polar surface area (TPSA) is 71.1 Å². The molecular weight excluding hydrogens is 442 g/mol. The van der Waals surface area contributed by atoms with Crippen LogP contribution in [0.25, 0.3) is 0 Å². The van der Waals surface area contributed by atoms with Gasteiger partial charge in [0.15, 0.2) is 0 Å². The molecule has 1 aromatic heterocycles. The van der Waals surface area contributed by atoms with E-state index in [1.807, 2.05) is 12.2 Å². The number of fused-ring (bicyclic) bond motifs is 1. The highest BCUT2D eigenvalue weighted by atomic mass is 79.9. The molecule has 7 heteroatoms. The second-order valence-corrected chi connectivity index (χ2v) is 7.13. The molecule has 0 atom stereocenters. The Bertz CT molecular complexity index is 1130. The lowest BCUT2D eigenvalue weighted by Crippen LogP contribution is -2.15. The van der Waals surface area contributed by atoms with Crippen LogP contribution in [0, 0.1) is 0 Å². The molecule has 0 spiro atoms. The number of amides is 2. The summed E-state index contributed by atoms with van der Waals surface area (Å²) in [7, 11) is 0. The van der Waals surface area contributed by atoms with Crippen molar-refractivity contribution in [2.45, 2.75) is 5.33 Å². The number of hydrogen-bond donors (Lipinski definition) is 2. The largest absolute Gasteiger partial charge is 0.322 e. The van der Waals surface area contributed by atoms with E-state index in [9.17, 15) is 9.59 Å². The Labute approximate surface area is 174 Å². The summed E-state index contributed by atoms with van der Waals surface area (Å²) in [6.07, 6.45) is 7.04. The molecule has 1 heterocycles. The quantitative estimate of drug-likeness (QED) is 0.504. The highest BCUT2D eigenvalue weighted by molar-refractivity contribution is 9.08. The maximum atomic E-state index is 12.4. The Morgan fingerprint density at radius 3 is 2.68 bits per heavy atom. The molecule has 138 valence electrons. The number of carbonyl (C=O) groups excluding carboxylic acids is 2. The fourth-order valence-corrected chi connectivity index (χ4v) is 3.08. The van der Waals surface area contributed by atoms with Gasteiger partial charge in [0, 0.05) is 22.8 Å². The minimum absolute atomic E-state index is 0.303. The number of halogens is 2. The van der Waals surface area contributed by atoms with Gasteiger partial charge in [-0.15, -0.1) is 0 Å². The van der Waals surface area contributed by atoms with Crippen LogP contribution in [-0.2, 0) is 10.1 Å². The zero-order valence-corrected chi connectivity index (χ0v) is 16.8. The molecule has 2 amide bonds. The van der Waals surface area contributed by atoms with Crippen molar-refractivity contribution in [3.63, 3.8) is 0 Å². The first-order chi connectivity index (χ1) is 13.5. The average Bonchev–Trinajstić information content (AvgIpc) is 3.49. The first-order valence-corrected chi connectivity index (χ1v) is 9.87. The second-order valence-electron chi connectivity index (χ2n) is 6.16. The number of anilines is 2. The summed E-state index contributed by atoms with van der Waals surface area (Å²) in [5.74, 6) is -0.619. The van der Waals surface area contributed by atoms with Crippen molar-refractivity contribution in [2.24, 2.45) is 0 Å². The van der Waals surface area contributed by atoms with E-state index in [4.69, 9.17) is 11.6 Å². The van der Waals surface area contributed by atoms with Gasteiger partial charge in [0.25, 0.3) is 11.8 Å². The van der Waals surface area contributed by atoms with Crippen molar-refractivity contribution in [3.8, 4) is 0 Å². The maximum Gasteiger partial charge on any atom is 0.263 e. The summed E-state index contributed by atoms with van der Waals surface area (Å²) in [4.78, 5) is 29.0. The number of benzene rings is 1. The van der Waals surface area contributed by atoms with Crippen molar-refractivity contribution >= 4 is 50.7 Å². The summed E-state index contributed by atoms with van der Waals surface area (Å²) >= 11 is 9.51. The number of rotatable bonds is 5. The lowest BCUT2D eigenvalue weighted by molar-refractivity contribution is -0.112. The highest BCUT2D eigenvalue weighted by Gasteiger charge is 2.19. The van der Waals surface area contributed by atoms with E-state index in [1.54, 1.807) is 36.4 Å². The van der Waals surface area contributed by atoms with Gasteiger partial charge in [0.2, 0.25) is 0 Å². The van der Waals surface area contributed by atoms with Gasteiger partial charge >= 0.3 is 0 Å². The normalized spacial score (nSPS) is 13.7. The first-order valence-electron chi connectivity index (χ1n) is 8.38. The number of carbonyl (C=O) groups is 2. The van der Waals surface area contributed by atoms with Gasteiger partial charge < -0.3 is 10.6 Å². The third-order valence-electron chi connectivity index (χ3n) is 4.17. The zero-order chi connectivity index (χ0) is 19.7. The van der Waals surface area contributed by atoms with Crippen molar-refractivity contribution in [3.05, 3.63) is 93.5 Å². The number of allylic oxidation sites excluding steroid dienone is 3. The van der Waals surface area contributed by atoms with Crippen molar-refractivity contribution in [2.75, 3.05) is 10.6 Å². The van der Waals surface area contributed by atoms with Gasteiger partial charge in [-0.1, -0.05) is 39.3 Å². The number of alkyl halides is 1. The Morgan fingerprint density at radius 1 is 1.11 bits per heavy atom. The van der Waals surface area contributed by atoms with Gasteiger partial charge in [-0.05, 0) is 48.1 Å². The molecule has 1 aromatic carbocycles. The summed E-state index contributed by atoms with van der Waals surface area (Å²) in [6, 6.07) is 8.37. The Morgan fingerprint density at radius 2 is 1.96 bits per heavy atom. The van der Waals surface area contributed by atoms with Crippen LogP contribution in [0.1, 0.15) is 16.1 Å². The summed E-state index contributed by atoms with van der Waals surface area (Å²) in [5.41, 5.74) is 7.67. The molecule has 2 N–H and O–H groups in total. The lowest BCUT2D eigenvalue weighted by Gasteiger charge is -2.11. The SMILES string of the molecule is O=C(Nc1cc(NC(=O)c2ccc(CBr)nc2)ccc1Cl)C1=C=C2C=C2C=C1. The third kappa shape index (κ3) is 3.99. The highest BCUT2D eigenvalue weighted by Crippen LogP contribution is 2.32. The van der Waals surface area contributed by atoms with Gasteiger partial charge in [-0.25, -0.2) is 0 Å². The molecule has 0 aliphatic heterocycles. The molecule has 0 radical (unpaired) electrons. The van der Waals surface area contributed by atoms with Gasteiger partial charge in [-0.3, -0.25) is 14.6 Å². The van der Waals surface area contributed by atoms with Crippen molar-refractivity contribution < 1.29 is 9.59 Å². The Hall–Kier alpha value is -2.92. The van der Waals surface area contributed by atoms with Gasteiger partial charge in [-0.2, -0.15) is 0 Å². The predicted octanol–water partition coefficient (Wildman–Crippen LogP) is 4.78. The van der Waals surface area contributed by atoms with E-state index >= 15 is 0 Å². The summed E-state index contributed by atoms with van der Waals surface area (Å²) in [6.45, 7) is 0. The molecule has 0 saturated heterocycles. The van der Waals surface area contributed by atoms with E-state index in [0.29, 0.717) is 32.9 Å². The van der Waals surface area contributed by atoms with Crippen LogP contribution in [0.2, 0.25) is 5.02 Å². The first kappa shape index (κ1) is 18.4. The molecule has 4 rings (SSSR count). The number of nitrogens with zero attached hydrogens (tertiary/aromatic N) is 1. The smallest absolute Gasteiger partial charge is 0.263 e. The zero-order valence-electron chi connectivity index (χ0n) is 14.4. The van der Waals surface area contributed by atoms with Gasteiger partial charge in [0.1, 0.15) is 0 Å². The third-order valence-corrected chi connectivity index (χ3v) is 5.07. The molecule has 2 aliphatic carbocycles. The molecule has 28 heavy (non-hydrogen) atoms. The molecule has 0 bridgehead atoms. The monoisotopic (exact) mass is 453 g/mol. The van der Waals surface area contributed by atoms with E-state index in [0.717, 1.165) is 16.8 Å². The molecule has 0 fully saturated rings. The van der Waals surface area contributed by atoms with E-state index < -0.39 is 0 Å². The molecule has 5 nitrogen and oxygen atoms in total.